The molecule has 0 aliphatic carbocycles. The zero-order valence-electron chi connectivity index (χ0n) is 18.7. The van der Waals surface area contributed by atoms with Gasteiger partial charge in [0.15, 0.2) is 4.80 Å². The summed E-state index contributed by atoms with van der Waals surface area (Å²) in [5.74, 6) is -1.03. The van der Waals surface area contributed by atoms with E-state index in [1.165, 1.54) is 15.6 Å². The van der Waals surface area contributed by atoms with Gasteiger partial charge in [0.25, 0.3) is 5.91 Å². The summed E-state index contributed by atoms with van der Waals surface area (Å²) in [6, 6.07) is 10.8. The molecule has 4 rings (SSSR count). The molecule has 0 radical (unpaired) electrons. The van der Waals surface area contributed by atoms with Gasteiger partial charge >= 0.3 is 5.97 Å². The van der Waals surface area contributed by atoms with E-state index in [4.69, 9.17) is 16.3 Å². The molecule has 1 aliphatic rings. The number of rotatable bonds is 6. The summed E-state index contributed by atoms with van der Waals surface area (Å²) in [4.78, 5) is 30.2. The standard InChI is InChI=1S/C23H24ClN3O5S2/c1-3-32-21(28)14-26-18-11-8-16(24)13-20(18)33-23(26)25-22(29)19-5-4-12-27(19)34(30,31)17-9-6-15(2)7-10-17/h6-11,13,19H,3-5,12,14H2,1-2H3. The van der Waals surface area contributed by atoms with Crippen molar-refractivity contribution in [1.29, 1.82) is 0 Å². The summed E-state index contributed by atoms with van der Waals surface area (Å²) >= 11 is 7.32. The molecule has 180 valence electrons. The molecule has 11 heteroatoms. The Bertz CT molecular complexity index is 1410. The highest BCUT2D eigenvalue weighted by Crippen LogP contribution is 2.27. The number of fused-ring (bicyclic) bond motifs is 1. The Kier molecular flexibility index (Phi) is 7.22. The predicted molar refractivity (Wildman–Crippen MR) is 130 cm³/mol. The van der Waals surface area contributed by atoms with Crippen LogP contribution in [0.2, 0.25) is 5.02 Å². The first-order valence-electron chi connectivity index (χ1n) is 10.8. The molecule has 1 aromatic heterocycles. The summed E-state index contributed by atoms with van der Waals surface area (Å²) in [6.07, 6.45) is 0.934. The van der Waals surface area contributed by atoms with Gasteiger partial charge in [-0.25, -0.2) is 8.42 Å². The molecular formula is C23H24ClN3O5S2. The minimum absolute atomic E-state index is 0.127. The number of benzene rings is 2. The molecule has 2 heterocycles. The summed E-state index contributed by atoms with van der Waals surface area (Å²) in [5, 5.41) is 0.515. The van der Waals surface area contributed by atoms with Gasteiger partial charge in [-0.1, -0.05) is 40.6 Å². The van der Waals surface area contributed by atoms with E-state index in [-0.39, 0.29) is 29.4 Å². The summed E-state index contributed by atoms with van der Waals surface area (Å²) < 4.78 is 35.1. The molecule has 2 aromatic carbocycles. The van der Waals surface area contributed by atoms with E-state index in [0.717, 1.165) is 10.3 Å². The average molecular weight is 522 g/mol. The topological polar surface area (TPSA) is 98.0 Å². The monoisotopic (exact) mass is 521 g/mol. The number of amides is 1. The van der Waals surface area contributed by atoms with Crippen molar-refractivity contribution in [2.75, 3.05) is 13.2 Å². The van der Waals surface area contributed by atoms with Crippen LogP contribution in [-0.2, 0) is 30.9 Å². The normalized spacial score (nSPS) is 17.4. The first-order chi connectivity index (χ1) is 16.2. The molecule has 1 saturated heterocycles. The van der Waals surface area contributed by atoms with Crippen molar-refractivity contribution in [1.82, 2.24) is 8.87 Å². The Morgan fingerprint density at radius 2 is 1.94 bits per heavy atom. The van der Waals surface area contributed by atoms with E-state index in [2.05, 4.69) is 4.99 Å². The number of halogens is 1. The smallest absolute Gasteiger partial charge is 0.326 e. The number of aromatic nitrogens is 1. The van der Waals surface area contributed by atoms with Crippen molar-refractivity contribution in [3.63, 3.8) is 0 Å². The number of nitrogens with zero attached hydrogens (tertiary/aromatic N) is 3. The maximum Gasteiger partial charge on any atom is 0.326 e. The Balaban J connectivity index is 1.72. The van der Waals surface area contributed by atoms with Gasteiger partial charge in [-0.2, -0.15) is 9.30 Å². The molecule has 34 heavy (non-hydrogen) atoms. The summed E-state index contributed by atoms with van der Waals surface area (Å²) in [6.45, 7) is 3.93. The first-order valence-corrected chi connectivity index (χ1v) is 13.5. The first kappa shape index (κ1) is 24.6. The molecule has 0 N–H and O–H groups in total. The van der Waals surface area contributed by atoms with Crippen LogP contribution in [0.5, 0.6) is 0 Å². The van der Waals surface area contributed by atoms with Gasteiger partial charge < -0.3 is 9.30 Å². The summed E-state index contributed by atoms with van der Waals surface area (Å²) in [5.41, 5.74) is 1.63. The van der Waals surface area contributed by atoms with E-state index in [0.29, 0.717) is 23.4 Å². The van der Waals surface area contributed by atoms with Gasteiger partial charge in [-0.15, -0.1) is 0 Å². The van der Waals surface area contributed by atoms with E-state index in [1.807, 2.05) is 6.92 Å². The zero-order chi connectivity index (χ0) is 24.5. The molecule has 1 fully saturated rings. The van der Waals surface area contributed by atoms with Gasteiger partial charge in [0.1, 0.15) is 12.6 Å². The van der Waals surface area contributed by atoms with Crippen LogP contribution in [0.3, 0.4) is 0 Å². The van der Waals surface area contributed by atoms with Crippen LogP contribution in [-0.4, -0.2) is 48.4 Å². The maximum atomic E-state index is 13.2. The summed E-state index contributed by atoms with van der Waals surface area (Å²) in [7, 11) is -3.85. The number of esters is 1. The van der Waals surface area contributed by atoms with Gasteiger partial charge in [-0.3, -0.25) is 9.59 Å². The molecule has 0 bridgehead atoms. The number of thiazole rings is 1. The minimum atomic E-state index is -3.85. The van der Waals surface area contributed by atoms with Crippen molar-refractivity contribution in [3.05, 3.63) is 57.9 Å². The van der Waals surface area contributed by atoms with Gasteiger partial charge in [-0.05, 0) is 57.0 Å². The van der Waals surface area contributed by atoms with Gasteiger partial charge in [0.05, 0.1) is 21.7 Å². The number of ether oxygens (including phenoxy) is 1. The fourth-order valence-electron chi connectivity index (χ4n) is 3.91. The predicted octanol–water partition coefficient (Wildman–Crippen LogP) is 3.51. The zero-order valence-corrected chi connectivity index (χ0v) is 21.1. The fourth-order valence-corrected chi connectivity index (χ4v) is 6.87. The van der Waals surface area contributed by atoms with E-state index in [1.54, 1.807) is 54.0 Å². The molecule has 1 unspecified atom stereocenters. The lowest BCUT2D eigenvalue weighted by molar-refractivity contribution is -0.143. The number of carbonyl (C=O) groups excluding carboxylic acids is 2. The Morgan fingerprint density at radius 1 is 1.21 bits per heavy atom. The quantitative estimate of drug-likeness (QED) is 0.462. The number of carbonyl (C=O) groups is 2. The maximum absolute atomic E-state index is 13.2. The molecule has 8 nitrogen and oxygen atoms in total. The molecule has 0 spiro atoms. The molecule has 1 atom stereocenters. The van der Waals surface area contributed by atoms with Crippen LogP contribution in [0.4, 0.5) is 0 Å². The number of hydrogen-bond acceptors (Lipinski definition) is 6. The second-order valence-electron chi connectivity index (χ2n) is 7.92. The second-order valence-corrected chi connectivity index (χ2v) is 11.3. The highest BCUT2D eigenvalue weighted by atomic mass is 35.5. The van der Waals surface area contributed by atoms with Crippen molar-refractivity contribution in [2.24, 2.45) is 4.99 Å². The number of hydrogen-bond donors (Lipinski definition) is 0. The average Bonchev–Trinajstić information content (AvgIpc) is 3.40. The van der Waals surface area contributed by atoms with Crippen LogP contribution in [0.25, 0.3) is 10.2 Å². The fraction of sp³-hybridized carbons (Fsp3) is 0.348. The Labute approximate surface area is 206 Å². The number of sulfonamides is 1. The SMILES string of the molecule is CCOC(=O)Cn1c(=NC(=O)C2CCCN2S(=O)(=O)c2ccc(C)cc2)sc2cc(Cl)ccc21. The van der Waals surface area contributed by atoms with Gasteiger partial charge in [0, 0.05) is 11.6 Å². The molecule has 3 aromatic rings. The van der Waals surface area contributed by atoms with Crippen LogP contribution < -0.4 is 4.80 Å². The molecular weight excluding hydrogens is 498 g/mol. The van der Waals surface area contributed by atoms with Crippen molar-refractivity contribution >= 4 is 55.1 Å². The van der Waals surface area contributed by atoms with Crippen molar-refractivity contribution in [2.45, 2.75) is 44.2 Å². The third-order valence-electron chi connectivity index (χ3n) is 5.56. The van der Waals surface area contributed by atoms with Crippen LogP contribution >= 0.6 is 22.9 Å². The largest absolute Gasteiger partial charge is 0.465 e. The number of aryl methyl sites for hydroxylation is 1. The molecule has 0 saturated carbocycles. The van der Waals surface area contributed by atoms with Gasteiger partial charge in [0.2, 0.25) is 10.0 Å². The lowest BCUT2D eigenvalue weighted by Gasteiger charge is -2.21. The highest BCUT2D eigenvalue weighted by Gasteiger charge is 2.39. The minimum Gasteiger partial charge on any atom is -0.465 e. The second kappa shape index (κ2) is 9.99. The third-order valence-corrected chi connectivity index (χ3v) is 8.76. The Hall–Kier alpha value is -2.53. The van der Waals surface area contributed by atoms with E-state index >= 15 is 0 Å². The van der Waals surface area contributed by atoms with Crippen molar-refractivity contribution < 1.29 is 22.7 Å². The van der Waals surface area contributed by atoms with Crippen molar-refractivity contribution in [3.8, 4) is 0 Å². The third kappa shape index (κ3) is 4.95. The van der Waals surface area contributed by atoms with Crippen LogP contribution in [0, 0.1) is 6.92 Å². The Morgan fingerprint density at radius 3 is 2.65 bits per heavy atom. The molecule has 1 amide bonds. The van der Waals surface area contributed by atoms with E-state index < -0.39 is 27.9 Å². The van der Waals surface area contributed by atoms with Crippen LogP contribution in [0.1, 0.15) is 25.3 Å². The lowest BCUT2D eigenvalue weighted by atomic mass is 10.2. The highest BCUT2D eigenvalue weighted by molar-refractivity contribution is 7.89. The van der Waals surface area contributed by atoms with Crippen LogP contribution in [0.15, 0.2) is 52.4 Å². The lowest BCUT2D eigenvalue weighted by Crippen LogP contribution is -2.40. The molecule has 1 aliphatic heterocycles. The van der Waals surface area contributed by atoms with E-state index in [9.17, 15) is 18.0 Å².